The standard InChI is InChI=1S/C10H18ClNO3/c1-3-15-10(13)5-4-9(8-11)12-6-7-14-2/h4,12H,3,5-8H2,1-2H3. The van der Waals surface area contributed by atoms with Crippen molar-refractivity contribution in [3.05, 3.63) is 11.8 Å². The second-order valence-electron chi connectivity index (χ2n) is 2.79. The normalized spacial score (nSPS) is 11.3. The number of halogens is 1. The lowest BCUT2D eigenvalue weighted by Gasteiger charge is -2.07. The molecular weight excluding hydrogens is 218 g/mol. The molecule has 0 saturated heterocycles. The van der Waals surface area contributed by atoms with Crippen LogP contribution in [0.15, 0.2) is 11.8 Å². The molecule has 0 fully saturated rings. The van der Waals surface area contributed by atoms with Crippen LogP contribution in [0.1, 0.15) is 13.3 Å². The van der Waals surface area contributed by atoms with Gasteiger partial charge in [-0.3, -0.25) is 4.79 Å². The van der Waals surface area contributed by atoms with Crippen LogP contribution in [0, 0.1) is 0 Å². The van der Waals surface area contributed by atoms with Gasteiger partial charge in [0.05, 0.1) is 25.5 Å². The Hall–Kier alpha value is -0.740. The van der Waals surface area contributed by atoms with E-state index in [4.69, 9.17) is 21.1 Å². The Morgan fingerprint density at radius 2 is 2.27 bits per heavy atom. The topological polar surface area (TPSA) is 47.6 Å². The number of nitrogens with one attached hydrogen (secondary N) is 1. The number of esters is 1. The molecule has 0 amide bonds. The highest BCUT2D eigenvalue weighted by Gasteiger charge is 2.00. The van der Waals surface area contributed by atoms with E-state index in [1.54, 1.807) is 20.1 Å². The van der Waals surface area contributed by atoms with Gasteiger partial charge in [0, 0.05) is 19.4 Å². The molecule has 0 spiro atoms. The molecule has 0 bridgehead atoms. The molecule has 5 heteroatoms. The van der Waals surface area contributed by atoms with Crippen molar-refractivity contribution in [2.75, 3.05) is 32.7 Å². The predicted octanol–water partition coefficient (Wildman–Crippen LogP) is 1.30. The molecule has 0 saturated carbocycles. The molecule has 0 aromatic heterocycles. The largest absolute Gasteiger partial charge is 0.466 e. The van der Waals surface area contributed by atoms with Crippen molar-refractivity contribution < 1.29 is 14.3 Å². The first-order valence-corrected chi connectivity index (χ1v) is 5.41. The highest BCUT2D eigenvalue weighted by molar-refractivity contribution is 6.19. The highest BCUT2D eigenvalue weighted by atomic mass is 35.5. The van der Waals surface area contributed by atoms with Gasteiger partial charge in [0.1, 0.15) is 0 Å². The van der Waals surface area contributed by atoms with Crippen LogP contribution in [-0.4, -0.2) is 38.7 Å². The number of allylic oxidation sites excluding steroid dienone is 1. The lowest BCUT2D eigenvalue weighted by molar-refractivity contribution is -0.142. The Balaban J connectivity index is 3.82. The van der Waals surface area contributed by atoms with Gasteiger partial charge in [-0.2, -0.15) is 0 Å². The number of hydrogen-bond acceptors (Lipinski definition) is 4. The molecule has 15 heavy (non-hydrogen) atoms. The number of rotatable bonds is 8. The number of hydrogen-bond donors (Lipinski definition) is 1. The second-order valence-corrected chi connectivity index (χ2v) is 3.06. The van der Waals surface area contributed by atoms with Crippen molar-refractivity contribution in [2.24, 2.45) is 0 Å². The molecule has 0 radical (unpaired) electrons. The van der Waals surface area contributed by atoms with Crippen molar-refractivity contribution in [3.63, 3.8) is 0 Å². The Morgan fingerprint density at radius 3 is 2.80 bits per heavy atom. The van der Waals surface area contributed by atoms with E-state index in [9.17, 15) is 4.79 Å². The molecule has 0 unspecified atom stereocenters. The van der Waals surface area contributed by atoms with Gasteiger partial charge >= 0.3 is 5.97 Å². The second kappa shape index (κ2) is 9.80. The van der Waals surface area contributed by atoms with Crippen LogP contribution in [0.4, 0.5) is 0 Å². The van der Waals surface area contributed by atoms with E-state index >= 15 is 0 Å². The van der Waals surface area contributed by atoms with Gasteiger partial charge < -0.3 is 14.8 Å². The van der Waals surface area contributed by atoms with Crippen molar-refractivity contribution >= 4 is 17.6 Å². The zero-order valence-corrected chi connectivity index (χ0v) is 9.97. The number of alkyl halides is 1. The Kier molecular flexibility index (Phi) is 9.32. The molecule has 0 aromatic carbocycles. The fourth-order valence-electron chi connectivity index (χ4n) is 0.914. The summed E-state index contributed by atoms with van der Waals surface area (Å²) in [6.45, 7) is 3.46. The summed E-state index contributed by atoms with van der Waals surface area (Å²) < 4.78 is 9.66. The Bertz CT molecular complexity index is 207. The molecular formula is C10H18ClNO3. The molecule has 0 aliphatic carbocycles. The zero-order chi connectivity index (χ0) is 11.5. The summed E-state index contributed by atoms with van der Waals surface area (Å²) in [4.78, 5) is 11.0. The molecule has 0 aromatic rings. The summed E-state index contributed by atoms with van der Waals surface area (Å²) in [5.41, 5.74) is 0.821. The van der Waals surface area contributed by atoms with E-state index < -0.39 is 0 Å². The monoisotopic (exact) mass is 235 g/mol. The summed E-state index contributed by atoms with van der Waals surface area (Å²) >= 11 is 5.68. The summed E-state index contributed by atoms with van der Waals surface area (Å²) in [7, 11) is 1.63. The molecule has 0 aliphatic heterocycles. The summed E-state index contributed by atoms with van der Waals surface area (Å²) in [5, 5.41) is 3.06. The molecule has 4 nitrogen and oxygen atoms in total. The Morgan fingerprint density at radius 1 is 1.53 bits per heavy atom. The fraction of sp³-hybridized carbons (Fsp3) is 0.700. The van der Waals surface area contributed by atoms with Gasteiger partial charge in [-0.15, -0.1) is 11.6 Å². The van der Waals surface area contributed by atoms with Crippen LogP contribution in [0.2, 0.25) is 0 Å². The third-order valence-electron chi connectivity index (χ3n) is 1.62. The maximum atomic E-state index is 11.0. The SMILES string of the molecule is CCOC(=O)CC=C(CCl)NCCOC. The van der Waals surface area contributed by atoms with E-state index in [1.165, 1.54) is 0 Å². The lowest BCUT2D eigenvalue weighted by Crippen LogP contribution is -2.20. The van der Waals surface area contributed by atoms with E-state index in [-0.39, 0.29) is 12.4 Å². The van der Waals surface area contributed by atoms with Crippen molar-refractivity contribution in [2.45, 2.75) is 13.3 Å². The first-order valence-electron chi connectivity index (χ1n) is 4.88. The fourth-order valence-corrected chi connectivity index (χ4v) is 1.12. The van der Waals surface area contributed by atoms with Crippen LogP contribution in [0.25, 0.3) is 0 Å². The molecule has 0 heterocycles. The molecule has 88 valence electrons. The number of methoxy groups -OCH3 is 1. The third kappa shape index (κ3) is 8.27. The lowest BCUT2D eigenvalue weighted by atomic mass is 10.3. The average Bonchev–Trinajstić information content (AvgIpc) is 2.23. The minimum atomic E-state index is -0.242. The minimum Gasteiger partial charge on any atom is -0.466 e. The van der Waals surface area contributed by atoms with Crippen LogP contribution in [0.3, 0.4) is 0 Å². The quantitative estimate of drug-likeness (QED) is 0.391. The molecule has 0 atom stereocenters. The van der Waals surface area contributed by atoms with E-state index in [0.717, 1.165) is 5.70 Å². The van der Waals surface area contributed by atoms with Crippen molar-refractivity contribution in [1.82, 2.24) is 5.32 Å². The van der Waals surface area contributed by atoms with Gasteiger partial charge in [0.25, 0.3) is 0 Å². The number of carbonyl (C=O) groups is 1. The highest BCUT2D eigenvalue weighted by Crippen LogP contribution is 1.97. The third-order valence-corrected chi connectivity index (χ3v) is 1.91. The van der Waals surface area contributed by atoms with E-state index in [0.29, 0.717) is 25.6 Å². The van der Waals surface area contributed by atoms with Crippen molar-refractivity contribution in [1.29, 1.82) is 0 Å². The van der Waals surface area contributed by atoms with E-state index in [1.807, 2.05) is 0 Å². The number of ether oxygens (including phenoxy) is 2. The predicted molar refractivity (Wildman–Crippen MR) is 59.9 cm³/mol. The Labute approximate surface area is 95.6 Å². The molecule has 0 rings (SSSR count). The smallest absolute Gasteiger partial charge is 0.309 e. The van der Waals surface area contributed by atoms with Crippen LogP contribution in [-0.2, 0) is 14.3 Å². The first-order chi connectivity index (χ1) is 7.24. The first kappa shape index (κ1) is 14.3. The van der Waals surface area contributed by atoms with Crippen LogP contribution in [0.5, 0.6) is 0 Å². The van der Waals surface area contributed by atoms with Crippen molar-refractivity contribution in [3.8, 4) is 0 Å². The minimum absolute atomic E-state index is 0.242. The maximum Gasteiger partial charge on any atom is 0.309 e. The van der Waals surface area contributed by atoms with Crippen LogP contribution < -0.4 is 5.32 Å². The molecule has 1 N–H and O–H groups in total. The summed E-state index contributed by atoms with van der Waals surface area (Å²) in [6.07, 6.45) is 1.98. The summed E-state index contributed by atoms with van der Waals surface area (Å²) in [5.74, 6) is 0.108. The van der Waals surface area contributed by atoms with Gasteiger partial charge in [0.2, 0.25) is 0 Å². The maximum absolute atomic E-state index is 11.0. The van der Waals surface area contributed by atoms with Gasteiger partial charge in [-0.1, -0.05) is 6.08 Å². The van der Waals surface area contributed by atoms with Gasteiger partial charge in [0.15, 0.2) is 0 Å². The van der Waals surface area contributed by atoms with Gasteiger partial charge in [-0.25, -0.2) is 0 Å². The van der Waals surface area contributed by atoms with Gasteiger partial charge in [-0.05, 0) is 6.92 Å². The summed E-state index contributed by atoms with van der Waals surface area (Å²) in [6, 6.07) is 0. The van der Waals surface area contributed by atoms with E-state index in [2.05, 4.69) is 5.32 Å². The van der Waals surface area contributed by atoms with Crippen LogP contribution >= 0.6 is 11.6 Å². The zero-order valence-electron chi connectivity index (χ0n) is 9.22. The number of carbonyl (C=O) groups excluding carboxylic acids is 1. The average molecular weight is 236 g/mol. The molecule has 0 aliphatic rings.